The van der Waals surface area contributed by atoms with Gasteiger partial charge in [0.2, 0.25) is 5.88 Å². The second-order valence-electron chi connectivity index (χ2n) is 5.37. The van der Waals surface area contributed by atoms with E-state index in [0.717, 1.165) is 0 Å². The van der Waals surface area contributed by atoms with Crippen molar-refractivity contribution >= 4 is 11.6 Å². The summed E-state index contributed by atoms with van der Waals surface area (Å²) in [5.41, 5.74) is -0.155. The van der Waals surface area contributed by atoms with Crippen LogP contribution in [0.25, 0.3) is 0 Å². The average molecular weight is 273 g/mol. The second kappa shape index (κ2) is 6.34. The first-order chi connectivity index (χ1) is 8.29. The van der Waals surface area contributed by atoms with Gasteiger partial charge in [0, 0.05) is 11.5 Å². The predicted molar refractivity (Wildman–Crippen MR) is 72.3 cm³/mol. The van der Waals surface area contributed by atoms with Crippen LogP contribution in [-0.2, 0) is 10.2 Å². The van der Waals surface area contributed by atoms with E-state index in [9.17, 15) is 0 Å². The number of nitrogens with zero attached hydrogens (tertiary/aromatic N) is 2. The third-order valence-electron chi connectivity index (χ3n) is 2.13. The molecule has 0 saturated carbocycles. The Hall–Kier alpha value is -0.870. The fourth-order valence-electron chi connectivity index (χ4n) is 1.24. The molecule has 0 radical (unpaired) electrons. The zero-order valence-electron chi connectivity index (χ0n) is 11.7. The summed E-state index contributed by atoms with van der Waals surface area (Å²) in [5, 5.41) is 0.398. The smallest absolute Gasteiger partial charge is 0.218 e. The van der Waals surface area contributed by atoms with Crippen LogP contribution in [-0.4, -0.2) is 29.3 Å². The van der Waals surface area contributed by atoms with Gasteiger partial charge < -0.3 is 9.47 Å². The summed E-state index contributed by atoms with van der Waals surface area (Å²) in [6, 6.07) is 1.62. The molecular formula is C13H21ClN2O2. The molecule has 0 saturated heterocycles. The van der Waals surface area contributed by atoms with Gasteiger partial charge in [-0.3, -0.25) is 0 Å². The Labute approximate surface area is 114 Å². The molecule has 0 aromatic carbocycles. The lowest BCUT2D eigenvalue weighted by molar-refractivity contribution is 0.0541. The SMILES string of the molecule is CC(C)OCCOc1cc(Cl)nc(C(C)(C)C)n1. The van der Waals surface area contributed by atoms with Crippen molar-refractivity contribution < 1.29 is 9.47 Å². The summed E-state index contributed by atoms with van der Waals surface area (Å²) in [6.45, 7) is 11.1. The van der Waals surface area contributed by atoms with Gasteiger partial charge in [-0.05, 0) is 13.8 Å². The second-order valence-corrected chi connectivity index (χ2v) is 5.76. The van der Waals surface area contributed by atoms with Gasteiger partial charge in [-0.2, -0.15) is 4.98 Å². The van der Waals surface area contributed by atoms with Crippen LogP contribution in [0, 0.1) is 0 Å². The van der Waals surface area contributed by atoms with Crippen molar-refractivity contribution in [1.29, 1.82) is 0 Å². The highest BCUT2D eigenvalue weighted by atomic mass is 35.5. The van der Waals surface area contributed by atoms with Gasteiger partial charge in [0.25, 0.3) is 0 Å². The molecule has 5 heteroatoms. The van der Waals surface area contributed by atoms with E-state index in [2.05, 4.69) is 9.97 Å². The Morgan fingerprint density at radius 1 is 1.22 bits per heavy atom. The van der Waals surface area contributed by atoms with E-state index < -0.39 is 0 Å². The molecule has 0 fully saturated rings. The molecule has 0 N–H and O–H groups in total. The van der Waals surface area contributed by atoms with E-state index in [1.54, 1.807) is 6.07 Å². The van der Waals surface area contributed by atoms with Gasteiger partial charge in [0.1, 0.15) is 17.6 Å². The first kappa shape index (κ1) is 15.2. The maximum atomic E-state index is 5.96. The third kappa shape index (κ3) is 5.19. The number of rotatable bonds is 5. The van der Waals surface area contributed by atoms with E-state index in [4.69, 9.17) is 21.1 Å². The van der Waals surface area contributed by atoms with Gasteiger partial charge in [-0.1, -0.05) is 32.4 Å². The molecule has 0 aliphatic carbocycles. The van der Waals surface area contributed by atoms with Crippen molar-refractivity contribution in [2.24, 2.45) is 0 Å². The van der Waals surface area contributed by atoms with E-state index in [-0.39, 0.29) is 11.5 Å². The predicted octanol–water partition coefficient (Wildman–Crippen LogP) is 3.23. The first-order valence-corrected chi connectivity index (χ1v) is 6.46. The Bertz CT molecular complexity index is 389. The molecule has 0 unspecified atom stereocenters. The largest absolute Gasteiger partial charge is 0.475 e. The summed E-state index contributed by atoms with van der Waals surface area (Å²) in [7, 11) is 0. The minimum Gasteiger partial charge on any atom is -0.475 e. The van der Waals surface area contributed by atoms with Crippen LogP contribution < -0.4 is 4.74 Å². The standard InChI is InChI=1S/C13H21ClN2O2/c1-9(2)17-6-7-18-11-8-10(14)15-12(16-11)13(3,4)5/h8-9H,6-7H2,1-5H3. The molecule has 18 heavy (non-hydrogen) atoms. The number of hydrogen-bond donors (Lipinski definition) is 0. The zero-order valence-corrected chi connectivity index (χ0v) is 12.4. The van der Waals surface area contributed by atoms with Crippen LogP contribution in [0.15, 0.2) is 6.07 Å². The van der Waals surface area contributed by atoms with Crippen LogP contribution in [0.4, 0.5) is 0 Å². The van der Waals surface area contributed by atoms with Gasteiger partial charge >= 0.3 is 0 Å². The van der Waals surface area contributed by atoms with Crippen LogP contribution in [0.5, 0.6) is 5.88 Å². The average Bonchev–Trinajstić information content (AvgIpc) is 2.22. The van der Waals surface area contributed by atoms with Crippen molar-refractivity contribution in [1.82, 2.24) is 9.97 Å². The number of hydrogen-bond acceptors (Lipinski definition) is 4. The lowest BCUT2D eigenvalue weighted by Crippen LogP contribution is -2.17. The molecule has 0 bridgehead atoms. The highest BCUT2D eigenvalue weighted by Gasteiger charge is 2.19. The van der Waals surface area contributed by atoms with Gasteiger partial charge in [0.15, 0.2) is 0 Å². The summed E-state index contributed by atoms with van der Waals surface area (Å²) < 4.78 is 10.9. The van der Waals surface area contributed by atoms with Gasteiger partial charge in [-0.15, -0.1) is 0 Å². The minimum atomic E-state index is -0.155. The summed E-state index contributed by atoms with van der Waals surface area (Å²) in [5.74, 6) is 1.17. The first-order valence-electron chi connectivity index (χ1n) is 6.08. The lowest BCUT2D eigenvalue weighted by atomic mass is 9.96. The van der Waals surface area contributed by atoms with Crippen LogP contribution >= 0.6 is 11.6 Å². The Morgan fingerprint density at radius 3 is 2.44 bits per heavy atom. The van der Waals surface area contributed by atoms with E-state index in [1.807, 2.05) is 34.6 Å². The van der Waals surface area contributed by atoms with Crippen molar-refractivity contribution in [3.05, 3.63) is 17.0 Å². The van der Waals surface area contributed by atoms with E-state index in [0.29, 0.717) is 30.1 Å². The Balaban J connectivity index is 2.63. The highest BCUT2D eigenvalue weighted by molar-refractivity contribution is 6.29. The maximum absolute atomic E-state index is 5.96. The summed E-state index contributed by atoms with van der Waals surface area (Å²) >= 11 is 5.96. The quantitative estimate of drug-likeness (QED) is 0.610. The van der Waals surface area contributed by atoms with Gasteiger partial charge in [0.05, 0.1) is 12.7 Å². The molecule has 0 amide bonds. The maximum Gasteiger partial charge on any atom is 0.218 e. The van der Waals surface area contributed by atoms with Crippen LogP contribution in [0.1, 0.15) is 40.4 Å². The highest BCUT2D eigenvalue weighted by Crippen LogP contribution is 2.23. The van der Waals surface area contributed by atoms with E-state index in [1.165, 1.54) is 0 Å². The fraction of sp³-hybridized carbons (Fsp3) is 0.692. The molecule has 0 aliphatic heterocycles. The molecule has 1 aromatic rings. The van der Waals surface area contributed by atoms with Crippen molar-refractivity contribution in [2.45, 2.75) is 46.1 Å². The molecule has 0 aliphatic rings. The van der Waals surface area contributed by atoms with Gasteiger partial charge in [-0.25, -0.2) is 4.98 Å². The Morgan fingerprint density at radius 2 is 1.89 bits per heavy atom. The lowest BCUT2D eigenvalue weighted by Gasteiger charge is -2.17. The van der Waals surface area contributed by atoms with Crippen molar-refractivity contribution in [3.63, 3.8) is 0 Å². The van der Waals surface area contributed by atoms with Crippen LogP contribution in [0.3, 0.4) is 0 Å². The molecular weight excluding hydrogens is 252 g/mol. The van der Waals surface area contributed by atoms with Crippen LogP contribution in [0.2, 0.25) is 5.15 Å². The Kier molecular flexibility index (Phi) is 5.35. The topological polar surface area (TPSA) is 44.2 Å². The third-order valence-corrected chi connectivity index (χ3v) is 2.32. The summed E-state index contributed by atoms with van der Waals surface area (Å²) in [4.78, 5) is 8.55. The number of aromatic nitrogens is 2. The fourth-order valence-corrected chi connectivity index (χ4v) is 1.41. The molecule has 1 aromatic heterocycles. The normalized spacial score (nSPS) is 11.9. The van der Waals surface area contributed by atoms with E-state index >= 15 is 0 Å². The molecule has 102 valence electrons. The molecule has 1 heterocycles. The monoisotopic (exact) mass is 272 g/mol. The summed E-state index contributed by atoms with van der Waals surface area (Å²) in [6.07, 6.45) is 0.202. The molecule has 0 atom stereocenters. The number of halogens is 1. The van der Waals surface area contributed by atoms with Crippen molar-refractivity contribution in [2.75, 3.05) is 13.2 Å². The number of ether oxygens (including phenoxy) is 2. The minimum absolute atomic E-state index is 0.155. The zero-order chi connectivity index (χ0) is 13.8. The molecule has 1 rings (SSSR count). The molecule has 0 spiro atoms. The van der Waals surface area contributed by atoms with Crippen molar-refractivity contribution in [3.8, 4) is 5.88 Å². The molecule has 4 nitrogen and oxygen atoms in total.